The zero-order chi connectivity index (χ0) is 20.3. The van der Waals surface area contributed by atoms with E-state index in [4.69, 9.17) is 0 Å². The molecule has 1 heterocycles. The van der Waals surface area contributed by atoms with E-state index in [2.05, 4.69) is 5.32 Å². The molecule has 0 aliphatic carbocycles. The first-order chi connectivity index (χ1) is 13.4. The van der Waals surface area contributed by atoms with Crippen LogP contribution in [0.1, 0.15) is 18.9 Å². The molecule has 2 aromatic carbocycles. The van der Waals surface area contributed by atoms with Crippen LogP contribution in [0.2, 0.25) is 0 Å². The molecular formula is C20H19F2N3O3. The molecule has 1 atom stereocenters. The van der Waals surface area contributed by atoms with Crippen molar-refractivity contribution in [3.05, 3.63) is 65.7 Å². The number of benzene rings is 2. The number of hydrogen-bond donors (Lipinski definition) is 1. The number of carbonyl (C=O) groups is 3. The summed E-state index contributed by atoms with van der Waals surface area (Å²) in [6, 6.07) is 9.18. The summed E-state index contributed by atoms with van der Waals surface area (Å²) in [5, 5.41) is 2.49. The van der Waals surface area contributed by atoms with E-state index < -0.39 is 29.6 Å². The van der Waals surface area contributed by atoms with Crippen LogP contribution in [0.15, 0.2) is 48.5 Å². The lowest BCUT2D eigenvalue weighted by molar-refractivity contribution is -0.134. The van der Waals surface area contributed by atoms with E-state index in [0.717, 1.165) is 17.0 Å². The molecule has 1 saturated heterocycles. The van der Waals surface area contributed by atoms with Crippen molar-refractivity contribution in [2.45, 2.75) is 25.9 Å². The van der Waals surface area contributed by atoms with Crippen LogP contribution in [0.5, 0.6) is 0 Å². The Balaban J connectivity index is 1.68. The minimum absolute atomic E-state index is 0.198. The molecule has 1 aliphatic heterocycles. The van der Waals surface area contributed by atoms with E-state index in [0.29, 0.717) is 12.1 Å². The molecule has 8 heteroatoms. The molecule has 6 nitrogen and oxygen atoms in total. The van der Waals surface area contributed by atoms with Gasteiger partial charge >= 0.3 is 6.03 Å². The number of carbonyl (C=O) groups excluding carboxylic acids is 3. The van der Waals surface area contributed by atoms with Crippen molar-refractivity contribution in [1.29, 1.82) is 0 Å². The molecule has 4 amide bonds. The highest BCUT2D eigenvalue weighted by atomic mass is 19.1. The zero-order valence-electron chi connectivity index (χ0n) is 15.2. The van der Waals surface area contributed by atoms with Gasteiger partial charge in [0.2, 0.25) is 5.91 Å². The summed E-state index contributed by atoms with van der Waals surface area (Å²) < 4.78 is 26.4. The summed E-state index contributed by atoms with van der Waals surface area (Å²) in [4.78, 5) is 39.7. The van der Waals surface area contributed by atoms with Crippen LogP contribution in [-0.4, -0.2) is 35.3 Å². The molecule has 0 aromatic heterocycles. The van der Waals surface area contributed by atoms with Crippen LogP contribution in [0, 0.1) is 11.6 Å². The predicted octanol–water partition coefficient (Wildman–Crippen LogP) is 2.83. The number of rotatable bonds is 6. The largest absolute Gasteiger partial charge is 0.339 e. The molecular weight excluding hydrogens is 368 g/mol. The van der Waals surface area contributed by atoms with E-state index in [9.17, 15) is 23.2 Å². The smallest absolute Gasteiger partial charge is 0.329 e. The number of imide groups is 1. The third-order valence-electron chi connectivity index (χ3n) is 4.48. The average Bonchev–Trinajstić information content (AvgIpc) is 2.94. The van der Waals surface area contributed by atoms with Crippen molar-refractivity contribution in [2.75, 3.05) is 11.4 Å². The van der Waals surface area contributed by atoms with Crippen molar-refractivity contribution >= 4 is 23.5 Å². The predicted molar refractivity (Wildman–Crippen MR) is 98.3 cm³/mol. The van der Waals surface area contributed by atoms with Gasteiger partial charge < -0.3 is 10.2 Å². The molecule has 0 unspecified atom stereocenters. The molecule has 2 aromatic rings. The second-order valence-electron chi connectivity index (χ2n) is 6.39. The maximum atomic E-state index is 13.3. The Hall–Kier alpha value is -3.29. The van der Waals surface area contributed by atoms with Gasteiger partial charge in [-0.1, -0.05) is 12.1 Å². The fourth-order valence-electron chi connectivity index (χ4n) is 3.04. The third-order valence-corrected chi connectivity index (χ3v) is 4.48. The Labute approximate surface area is 160 Å². The first kappa shape index (κ1) is 19.5. The average molecular weight is 387 g/mol. The monoisotopic (exact) mass is 387 g/mol. The SMILES string of the molecule is CCN(Cc1cccc(F)c1)C(=O)C[C@@H]1NC(=O)N(c2ccc(F)cc2)C1=O. The summed E-state index contributed by atoms with van der Waals surface area (Å²) >= 11 is 0. The number of hydrogen-bond acceptors (Lipinski definition) is 3. The summed E-state index contributed by atoms with van der Waals surface area (Å²) in [7, 11) is 0. The summed E-state index contributed by atoms with van der Waals surface area (Å²) in [6.45, 7) is 2.34. The molecule has 28 heavy (non-hydrogen) atoms. The molecule has 0 radical (unpaired) electrons. The molecule has 146 valence electrons. The number of amides is 4. The van der Waals surface area contributed by atoms with Crippen LogP contribution < -0.4 is 10.2 Å². The highest BCUT2D eigenvalue weighted by Gasteiger charge is 2.40. The van der Waals surface area contributed by atoms with Crippen LogP contribution in [-0.2, 0) is 16.1 Å². The maximum absolute atomic E-state index is 13.3. The van der Waals surface area contributed by atoms with Gasteiger partial charge in [-0.3, -0.25) is 9.59 Å². The molecule has 3 rings (SSSR count). The van der Waals surface area contributed by atoms with Crippen molar-refractivity contribution < 1.29 is 23.2 Å². The number of urea groups is 1. The standard InChI is InChI=1S/C20H19F2N3O3/c1-2-24(12-13-4-3-5-15(22)10-13)18(26)11-17-19(27)25(20(28)23-17)16-8-6-14(21)7-9-16/h3-10,17H,2,11-12H2,1H3,(H,23,28)/t17-/m0/s1. The van der Waals surface area contributed by atoms with Crippen molar-refractivity contribution in [2.24, 2.45) is 0 Å². The maximum Gasteiger partial charge on any atom is 0.329 e. The Bertz CT molecular complexity index is 902. The number of nitrogens with one attached hydrogen (secondary N) is 1. The van der Waals surface area contributed by atoms with Gasteiger partial charge in [-0.15, -0.1) is 0 Å². The van der Waals surface area contributed by atoms with E-state index in [1.165, 1.54) is 29.2 Å². The lowest BCUT2D eigenvalue weighted by Crippen LogP contribution is -2.38. The summed E-state index contributed by atoms with van der Waals surface area (Å²) in [6.07, 6.45) is -0.217. The van der Waals surface area contributed by atoms with Crippen molar-refractivity contribution in [3.63, 3.8) is 0 Å². The van der Waals surface area contributed by atoms with Crippen LogP contribution in [0.25, 0.3) is 0 Å². The Kier molecular flexibility index (Phi) is 5.67. The third kappa shape index (κ3) is 4.16. The van der Waals surface area contributed by atoms with Gasteiger partial charge in [0, 0.05) is 13.1 Å². The fraction of sp³-hybridized carbons (Fsp3) is 0.250. The van der Waals surface area contributed by atoms with Gasteiger partial charge in [-0.2, -0.15) is 0 Å². The lowest BCUT2D eigenvalue weighted by atomic mass is 10.1. The first-order valence-electron chi connectivity index (χ1n) is 8.81. The quantitative estimate of drug-likeness (QED) is 0.775. The Morgan fingerprint density at radius 1 is 1.11 bits per heavy atom. The van der Waals surface area contributed by atoms with Gasteiger partial charge in [-0.05, 0) is 48.9 Å². The second kappa shape index (κ2) is 8.16. The molecule has 0 saturated carbocycles. The second-order valence-corrected chi connectivity index (χ2v) is 6.39. The number of anilines is 1. The highest BCUT2D eigenvalue weighted by Crippen LogP contribution is 2.21. The van der Waals surface area contributed by atoms with Gasteiger partial charge in [0.15, 0.2) is 0 Å². The molecule has 0 bridgehead atoms. The number of nitrogens with zero attached hydrogens (tertiary/aromatic N) is 2. The summed E-state index contributed by atoms with van der Waals surface area (Å²) in [5.74, 6) is -1.80. The van der Waals surface area contributed by atoms with Crippen LogP contribution in [0.3, 0.4) is 0 Å². The lowest BCUT2D eigenvalue weighted by Gasteiger charge is -2.22. The van der Waals surface area contributed by atoms with Crippen molar-refractivity contribution in [1.82, 2.24) is 10.2 Å². The first-order valence-corrected chi connectivity index (χ1v) is 8.81. The molecule has 1 fully saturated rings. The van der Waals surface area contributed by atoms with E-state index >= 15 is 0 Å². The Morgan fingerprint density at radius 2 is 1.82 bits per heavy atom. The van der Waals surface area contributed by atoms with E-state index in [-0.39, 0.29) is 24.6 Å². The van der Waals surface area contributed by atoms with Gasteiger partial charge in [-0.25, -0.2) is 18.5 Å². The van der Waals surface area contributed by atoms with Gasteiger partial charge in [0.25, 0.3) is 5.91 Å². The van der Waals surface area contributed by atoms with Crippen LogP contribution in [0.4, 0.5) is 19.3 Å². The highest BCUT2D eigenvalue weighted by molar-refractivity contribution is 6.22. The molecule has 1 aliphatic rings. The van der Waals surface area contributed by atoms with Crippen LogP contribution >= 0.6 is 0 Å². The fourth-order valence-corrected chi connectivity index (χ4v) is 3.04. The van der Waals surface area contributed by atoms with E-state index in [1.807, 2.05) is 0 Å². The van der Waals surface area contributed by atoms with Gasteiger partial charge in [0.05, 0.1) is 12.1 Å². The normalized spacial score (nSPS) is 16.2. The van der Waals surface area contributed by atoms with Gasteiger partial charge in [0.1, 0.15) is 17.7 Å². The topological polar surface area (TPSA) is 69.7 Å². The Morgan fingerprint density at radius 3 is 2.46 bits per heavy atom. The minimum Gasteiger partial charge on any atom is -0.339 e. The minimum atomic E-state index is -1.01. The molecule has 0 spiro atoms. The summed E-state index contributed by atoms with van der Waals surface area (Å²) in [5.41, 5.74) is 0.857. The van der Waals surface area contributed by atoms with Crippen molar-refractivity contribution in [3.8, 4) is 0 Å². The number of halogens is 2. The molecule has 1 N–H and O–H groups in total. The zero-order valence-corrected chi connectivity index (χ0v) is 15.2. The van der Waals surface area contributed by atoms with E-state index in [1.54, 1.807) is 19.1 Å².